The van der Waals surface area contributed by atoms with Gasteiger partial charge in [0.1, 0.15) is 17.7 Å². The van der Waals surface area contributed by atoms with Gasteiger partial charge in [-0.1, -0.05) is 0 Å². The maximum absolute atomic E-state index is 12.9. The van der Waals surface area contributed by atoms with E-state index < -0.39 is 5.97 Å². The molecule has 1 aromatic carbocycles. The van der Waals surface area contributed by atoms with Gasteiger partial charge < -0.3 is 15.2 Å². The second-order valence-electron chi connectivity index (χ2n) is 3.72. The Labute approximate surface area is 92.0 Å². The Morgan fingerprint density at radius 1 is 1.62 bits per heavy atom. The minimum absolute atomic E-state index is 0.0927. The number of hydrogen-bond acceptors (Lipinski definition) is 3. The van der Waals surface area contributed by atoms with Gasteiger partial charge in [-0.2, -0.15) is 0 Å². The second kappa shape index (κ2) is 4.49. The van der Waals surface area contributed by atoms with Crippen molar-refractivity contribution in [1.29, 1.82) is 0 Å². The van der Waals surface area contributed by atoms with E-state index in [1.165, 1.54) is 12.1 Å². The second-order valence-corrected chi connectivity index (χ2v) is 3.72. The summed E-state index contributed by atoms with van der Waals surface area (Å²) in [6, 6.07) is 4.40. The maximum Gasteiger partial charge on any atom is 0.317 e. The summed E-state index contributed by atoms with van der Waals surface area (Å²) in [4.78, 5) is 10.3. The molecule has 2 N–H and O–H groups in total. The number of carboxylic acid groups (broad SMARTS) is 1. The van der Waals surface area contributed by atoms with E-state index in [9.17, 15) is 9.18 Å². The smallest absolute Gasteiger partial charge is 0.317 e. The average Bonchev–Trinajstić information content (AvgIpc) is 2.58. The number of halogens is 1. The molecule has 1 aliphatic rings. The number of hydrogen-bond donors (Lipinski definition) is 2. The number of nitrogens with one attached hydrogen (secondary N) is 1. The average molecular weight is 225 g/mol. The highest BCUT2D eigenvalue weighted by molar-refractivity contribution is 5.68. The van der Waals surface area contributed by atoms with Crippen molar-refractivity contribution in [3.63, 3.8) is 0 Å². The van der Waals surface area contributed by atoms with Crippen LogP contribution in [0.4, 0.5) is 4.39 Å². The fourth-order valence-electron chi connectivity index (χ4n) is 1.74. The first kappa shape index (κ1) is 10.9. The van der Waals surface area contributed by atoms with Gasteiger partial charge in [0.15, 0.2) is 0 Å². The van der Waals surface area contributed by atoms with E-state index in [-0.39, 0.29) is 18.5 Å². The molecule has 1 unspecified atom stereocenters. The summed E-state index contributed by atoms with van der Waals surface area (Å²) < 4.78 is 18.4. The molecule has 0 aromatic heterocycles. The summed E-state index contributed by atoms with van der Waals surface area (Å²) in [5.74, 6) is -0.494. The predicted molar refractivity (Wildman–Crippen MR) is 55.0 cm³/mol. The molecule has 0 saturated heterocycles. The number of carbonyl (C=O) groups is 1. The normalized spacial score (nSPS) is 17.9. The van der Waals surface area contributed by atoms with E-state index in [1.807, 2.05) is 0 Å². The van der Waals surface area contributed by atoms with Gasteiger partial charge in [0, 0.05) is 18.5 Å². The Hall–Kier alpha value is -1.62. The third kappa shape index (κ3) is 2.49. The molecule has 16 heavy (non-hydrogen) atoms. The molecule has 2 rings (SSSR count). The molecule has 0 radical (unpaired) electrons. The van der Waals surface area contributed by atoms with Gasteiger partial charge in [-0.05, 0) is 18.2 Å². The van der Waals surface area contributed by atoms with Crippen molar-refractivity contribution in [2.75, 3.05) is 13.1 Å². The highest BCUT2D eigenvalue weighted by Crippen LogP contribution is 2.28. The van der Waals surface area contributed by atoms with Gasteiger partial charge in [-0.15, -0.1) is 0 Å². The van der Waals surface area contributed by atoms with Crippen LogP contribution in [0.25, 0.3) is 0 Å². The van der Waals surface area contributed by atoms with Gasteiger partial charge in [0.25, 0.3) is 0 Å². The molecule has 0 amide bonds. The lowest BCUT2D eigenvalue weighted by molar-refractivity contribution is -0.136. The van der Waals surface area contributed by atoms with Crippen molar-refractivity contribution in [3.8, 4) is 5.75 Å². The lowest BCUT2D eigenvalue weighted by Gasteiger charge is -2.10. The molecule has 0 fully saturated rings. The van der Waals surface area contributed by atoms with Crippen molar-refractivity contribution in [3.05, 3.63) is 29.6 Å². The Morgan fingerprint density at radius 2 is 2.44 bits per heavy atom. The summed E-state index contributed by atoms with van der Waals surface area (Å²) in [7, 11) is 0. The molecular weight excluding hydrogens is 213 g/mol. The molecule has 1 aromatic rings. The lowest BCUT2D eigenvalue weighted by Crippen LogP contribution is -2.33. The largest absolute Gasteiger partial charge is 0.488 e. The van der Waals surface area contributed by atoms with Crippen LogP contribution in [-0.2, 0) is 11.2 Å². The third-order valence-corrected chi connectivity index (χ3v) is 2.41. The number of fused-ring (bicyclic) bond motifs is 1. The Morgan fingerprint density at radius 3 is 3.19 bits per heavy atom. The molecule has 5 heteroatoms. The first-order chi connectivity index (χ1) is 7.65. The molecule has 86 valence electrons. The Kier molecular flexibility index (Phi) is 3.05. The van der Waals surface area contributed by atoms with Gasteiger partial charge in [0.05, 0.1) is 6.54 Å². The topological polar surface area (TPSA) is 58.6 Å². The van der Waals surface area contributed by atoms with E-state index in [0.29, 0.717) is 18.7 Å². The fraction of sp³-hybridized carbons (Fsp3) is 0.364. The molecule has 0 bridgehead atoms. The van der Waals surface area contributed by atoms with E-state index in [4.69, 9.17) is 9.84 Å². The monoisotopic (exact) mass is 225 g/mol. The van der Waals surface area contributed by atoms with Crippen molar-refractivity contribution < 1.29 is 19.0 Å². The van der Waals surface area contributed by atoms with E-state index >= 15 is 0 Å². The summed E-state index contributed by atoms with van der Waals surface area (Å²) in [6.07, 6.45) is 0.496. The van der Waals surface area contributed by atoms with E-state index in [0.717, 1.165) is 5.56 Å². The minimum Gasteiger partial charge on any atom is -0.488 e. The number of ether oxygens (including phenoxy) is 1. The van der Waals surface area contributed by atoms with E-state index in [2.05, 4.69) is 5.32 Å². The quantitative estimate of drug-likeness (QED) is 0.796. The Bertz CT molecular complexity index is 408. The van der Waals surface area contributed by atoms with Gasteiger partial charge >= 0.3 is 5.97 Å². The van der Waals surface area contributed by atoms with Crippen molar-refractivity contribution in [2.45, 2.75) is 12.5 Å². The fourth-order valence-corrected chi connectivity index (χ4v) is 1.74. The number of aliphatic carboxylic acids is 1. The van der Waals surface area contributed by atoms with Crippen LogP contribution in [-0.4, -0.2) is 30.3 Å². The summed E-state index contributed by atoms with van der Waals surface area (Å²) in [6.45, 7) is 0.354. The van der Waals surface area contributed by atoms with Crippen molar-refractivity contribution in [1.82, 2.24) is 5.32 Å². The van der Waals surface area contributed by atoms with Crippen LogP contribution in [0.1, 0.15) is 5.56 Å². The zero-order valence-corrected chi connectivity index (χ0v) is 8.57. The first-order valence-corrected chi connectivity index (χ1v) is 5.03. The highest BCUT2D eigenvalue weighted by atomic mass is 19.1. The van der Waals surface area contributed by atoms with Crippen LogP contribution in [0.3, 0.4) is 0 Å². The molecule has 0 aliphatic carbocycles. The molecule has 1 atom stereocenters. The third-order valence-electron chi connectivity index (χ3n) is 2.41. The van der Waals surface area contributed by atoms with Gasteiger partial charge in [0.2, 0.25) is 0 Å². The summed E-state index contributed by atoms with van der Waals surface area (Å²) in [5.41, 5.74) is 0.835. The maximum atomic E-state index is 12.9. The zero-order valence-electron chi connectivity index (χ0n) is 8.57. The number of rotatable bonds is 4. The zero-order chi connectivity index (χ0) is 11.5. The lowest BCUT2D eigenvalue weighted by atomic mass is 10.1. The van der Waals surface area contributed by atoms with Crippen LogP contribution in [0.15, 0.2) is 18.2 Å². The highest BCUT2D eigenvalue weighted by Gasteiger charge is 2.22. The molecule has 0 spiro atoms. The van der Waals surface area contributed by atoms with Crippen LogP contribution < -0.4 is 10.1 Å². The standard InChI is InChI=1S/C11H12FNO3/c12-8-1-2-10-7(3-8)4-9(16-10)5-13-6-11(14)15/h1-3,9,13H,4-6H2,(H,14,15). The SMILES string of the molecule is O=C(O)CNCC1Cc2cc(F)ccc2O1. The first-order valence-electron chi connectivity index (χ1n) is 5.03. The van der Waals surface area contributed by atoms with Crippen LogP contribution >= 0.6 is 0 Å². The predicted octanol–water partition coefficient (Wildman–Crippen LogP) is 0.803. The molecule has 1 heterocycles. The molecule has 1 aliphatic heterocycles. The Balaban J connectivity index is 1.88. The van der Waals surface area contributed by atoms with Crippen molar-refractivity contribution >= 4 is 5.97 Å². The van der Waals surface area contributed by atoms with E-state index in [1.54, 1.807) is 6.07 Å². The van der Waals surface area contributed by atoms with Crippen molar-refractivity contribution in [2.24, 2.45) is 0 Å². The number of carboxylic acids is 1. The molecule has 4 nitrogen and oxygen atoms in total. The summed E-state index contributed by atoms with van der Waals surface area (Å²) >= 11 is 0. The van der Waals surface area contributed by atoms with Gasteiger partial charge in [-0.3, -0.25) is 4.79 Å². The molecular formula is C11H12FNO3. The van der Waals surface area contributed by atoms with Crippen LogP contribution in [0, 0.1) is 5.82 Å². The summed E-state index contributed by atoms with van der Waals surface area (Å²) in [5, 5.41) is 11.2. The molecule has 0 saturated carbocycles. The van der Waals surface area contributed by atoms with Crippen LogP contribution in [0.2, 0.25) is 0 Å². The van der Waals surface area contributed by atoms with Crippen LogP contribution in [0.5, 0.6) is 5.75 Å². The number of benzene rings is 1. The van der Waals surface area contributed by atoms with Gasteiger partial charge in [-0.25, -0.2) is 4.39 Å². The minimum atomic E-state index is -0.901.